The number of alkyl halides is 3. The highest BCUT2D eigenvalue weighted by atomic mass is 19.4. The molecule has 1 fully saturated rings. The number of amides is 1. The standard InChI is InChI=1S/C29H40F3N3O2/c1-5-33(6-2)15-7-21-37-27-13-10-24(22(3)23(27)4)14-16-34-17-19-35(20-18-34)28(36)25-8-11-26(12-9-25)29(30,31)32/h8-13H,5-7,14-21H2,1-4H3. The SMILES string of the molecule is CCN(CC)CCCOc1ccc(CCN2CCN(C(=O)c3ccc(C(F)(F)F)cc3)CC2)c(C)c1C. The predicted molar refractivity (Wildman–Crippen MR) is 141 cm³/mol. The van der Waals surface area contributed by atoms with Crippen LogP contribution in [0.15, 0.2) is 36.4 Å². The van der Waals surface area contributed by atoms with Gasteiger partial charge in [-0.15, -0.1) is 0 Å². The molecule has 2 aromatic carbocycles. The highest BCUT2D eigenvalue weighted by Gasteiger charge is 2.30. The molecule has 0 bridgehead atoms. The summed E-state index contributed by atoms with van der Waals surface area (Å²) >= 11 is 0. The normalized spacial score (nSPS) is 14.9. The third-order valence-electron chi connectivity index (χ3n) is 7.44. The molecule has 0 radical (unpaired) electrons. The molecule has 0 atom stereocenters. The van der Waals surface area contributed by atoms with E-state index in [1.807, 2.05) is 0 Å². The van der Waals surface area contributed by atoms with Crippen LogP contribution in [-0.4, -0.2) is 79.6 Å². The Labute approximate surface area is 219 Å². The molecule has 0 aliphatic carbocycles. The molecule has 1 amide bonds. The number of piperazine rings is 1. The van der Waals surface area contributed by atoms with Crippen molar-refractivity contribution >= 4 is 5.91 Å². The maximum Gasteiger partial charge on any atom is 0.416 e. The topological polar surface area (TPSA) is 36.0 Å². The lowest BCUT2D eigenvalue weighted by Crippen LogP contribution is -2.49. The highest BCUT2D eigenvalue weighted by Crippen LogP contribution is 2.29. The Balaban J connectivity index is 1.45. The Bertz CT molecular complexity index is 1010. The first-order valence-electron chi connectivity index (χ1n) is 13.3. The maximum absolute atomic E-state index is 12.8. The lowest BCUT2D eigenvalue weighted by atomic mass is 9.99. The van der Waals surface area contributed by atoms with Crippen molar-refractivity contribution in [2.24, 2.45) is 0 Å². The van der Waals surface area contributed by atoms with E-state index in [9.17, 15) is 18.0 Å². The van der Waals surface area contributed by atoms with Crippen LogP contribution < -0.4 is 4.74 Å². The Morgan fingerprint density at radius 1 is 0.946 bits per heavy atom. The summed E-state index contributed by atoms with van der Waals surface area (Å²) < 4.78 is 44.4. The summed E-state index contributed by atoms with van der Waals surface area (Å²) in [6, 6.07) is 8.71. The van der Waals surface area contributed by atoms with Crippen LogP contribution in [0.4, 0.5) is 13.2 Å². The first kappa shape index (κ1) is 29.0. The fraction of sp³-hybridized carbons (Fsp3) is 0.552. The first-order chi connectivity index (χ1) is 17.6. The summed E-state index contributed by atoms with van der Waals surface area (Å²) in [7, 11) is 0. The third-order valence-corrected chi connectivity index (χ3v) is 7.44. The summed E-state index contributed by atoms with van der Waals surface area (Å²) in [6.07, 6.45) is -2.47. The van der Waals surface area contributed by atoms with Crippen LogP contribution in [0.5, 0.6) is 5.75 Å². The minimum absolute atomic E-state index is 0.215. The summed E-state index contributed by atoms with van der Waals surface area (Å²) in [5.74, 6) is 0.740. The summed E-state index contributed by atoms with van der Waals surface area (Å²) in [6.45, 7) is 16.0. The van der Waals surface area contributed by atoms with Crippen LogP contribution in [0.3, 0.4) is 0 Å². The third kappa shape index (κ3) is 7.95. The molecular formula is C29H40F3N3O2. The fourth-order valence-corrected chi connectivity index (χ4v) is 4.73. The van der Waals surface area contributed by atoms with E-state index in [1.54, 1.807) is 4.90 Å². The minimum atomic E-state index is -4.40. The number of ether oxygens (including phenoxy) is 1. The van der Waals surface area contributed by atoms with Gasteiger partial charge in [-0.2, -0.15) is 13.2 Å². The minimum Gasteiger partial charge on any atom is -0.493 e. The van der Waals surface area contributed by atoms with Crippen molar-refractivity contribution in [2.75, 3.05) is 59.0 Å². The van der Waals surface area contributed by atoms with Gasteiger partial charge in [0, 0.05) is 44.8 Å². The zero-order chi connectivity index (χ0) is 27.0. The van der Waals surface area contributed by atoms with E-state index in [0.29, 0.717) is 25.3 Å². The van der Waals surface area contributed by atoms with Gasteiger partial charge in [0.15, 0.2) is 0 Å². The molecule has 0 N–H and O–H groups in total. The van der Waals surface area contributed by atoms with Gasteiger partial charge in [0.1, 0.15) is 5.75 Å². The van der Waals surface area contributed by atoms with Gasteiger partial charge < -0.3 is 14.5 Å². The van der Waals surface area contributed by atoms with Crippen molar-refractivity contribution in [3.05, 3.63) is 64.2 Å². The summed E-state index contributed by atoms with van der Waals surface area (Å²) in [5, 5.41) is 0. The Morgan fingerprint density at radius 2 is 1.59 bits per heavy atom. The van der Waals surface area contributed by atoms with Gasteiger partial charge in [-0.05, 0) is 86.8 Å². The molecule has 1 aliphatic rings. The van der Waals surface area contributed by atoms with Gasteiger partial charge >= 0.3 is 6.18 Å². The number of carbonyl (C=O) groups excluding carboxylic acids is 1. The maximum atomic E-state index is 12.8. The van der Waals surface area contributed by atoms with E-state index in [-0.39, 0.29) is 5.91 Å². The zero-order valence-electron chi connectivity index (χ0n) is 22.5. The number of rotatable bonds is 11. The number of hydrogen-bond acceptors (Lipinski definition) is 4. The number of hydrogen-bond donors (Lipinski definition) is 0. The molecular weight excluding hydrogens is 479 g/mol. The second kappa shape index (κ2) is 13.3. The predicted octanol–water partition coefficient (Wildman–Crippen LogP) is 5.43. The second-order valence-electron chi connectivity index (χ2n) is 9.66. The van der Waals surface area contributed by atoms with Crippen molar-refractivity contribution in [3.63, 3.8) is 0 Å². The number of halogens is 3. The fourth-order valence-electron chi connectivity index (χ4n) is 4.73. The van der Waals surface area contributed by atoms with Gasteiger partial charge in [0.2, 0.25) is 0 Å². The van der Waals surface area contributed by atoms with Gasteiger partial charge in [-0.25, -0.2) is 0 Å². The molecule has 0 aromatic heterocycles. The van der Waals surface area contributed by atoms with Crippen LogP contribution >= 0.6 is 0 Å². The molecule has 8 heteroatoms. The van der Waals surface area contributed by atoms with E-state index >= 15 is 0 Å². The molecule has 1 heterocycles. The smallest absolute Gasteiger partial charge is 0.416 e. The molecule has 0 unspecified atom stereocenters. The number of carbonyl (C=O) groups is 1. The van der Waals surface area contributed by atoms with Gasteiger partial charge in [0.05, 0.1) is 12.2 Å². The first-order valence-corrected chi connectivity index (χ1v) is 13.3. The van der Waals surface area contributed by atoms with Crippen molar-refractivity contribution in [2.45, 2.75) is 46.7 Å². The van der Waals surface area contributed by atoms with E-state index in [4.69, 9.17) is 4.74 Å². The summed E-state index contributed by atoms with van der Waals surface area (Å²) in [5.41, 5.74) is 3.30. The molecule has 2 aromatic rings. The van der Waals surface area contributed by atoms with E-state index in [2.05, 4.69) is 49.6 Å². The van der Waals surface area contributed by atoms with E-state index in [1.165, 1.54) is 28.8 Å². The van der Waals surface area contributed by atoms with E-state index in [0.717, 1.165) is 70.0 Å². The monoisotopic (exact) mass is 519 g/mol. The van der Waals surface area contributed by atoms with Crippen LogP contribution in [0.2, 0.25) is 0 Å². The van der Waals surface area contributed by atoms with Crippen LogP contribution in [0, 0.1) is 13.8 Å². The van der Waals surface area contributed by atoms with E-state index < -0.39 is 11.7 Å². The molecule has 204 valence electrons. The van der Waals surface area contributed by atoms with Crippen LogP contribution in [-0.2, 0) is 12.6 Å². The Kier molecular flexibility index (Phi) is 10.4. The molecule has 1 aliphatic heterocycles. The Morgan fingerprint density at radius 3 is 2.19 bits per heavy atom. The highest BCUT2D eigenvalue weighted by molar-refractivity contribution is 5.94. The molecule has 3 rings (SSSR count). The number of benzene rings is 2. The molecule has 37 heavy (non-hydrogen) atoms. The lowest BCUT2D eigenvalue weighted by Gasteiger charge is -2.35. The van der Waals surface area contributed by atoms with Crippen LogP contribution in [0.1, 0.15) is 52.9 Å². The summed E-state index contributed by atoms with van der Waals surface area (Å²) in [4.78, 5) is 19.2. The largest absolute Gasteiger partial charge is 0.493 e. The molecule has 0 saturated carbocycles. The average Bonchev–Trinajstić information content (AvgIpc) is 2.90. The van der Waals surface area contributed by atoms with Crippen LogP contribution in [0.25, 0.3) is 0 Å². The van der Waals surface area contributed by atoms with Gasteiger partial charge in [-0.1, -0.05) is 19.9 Å². The molecule has 5 nitrogen and oxygen atoms in total. The zero-order valence-corrected chi connectivity index (χ0v) is 22.5. The molecule has 1 saturated heterocycles. The quantitative estimate of drug-likeness (QED) is 0.371. The van der Waals surface area contributed by atoms with Crippen molar-refractivity contribution in [3.8, 4) is 5.75 Å². The Hall–Kier alpha value is -2.58. The number of nitrogens with zero attached hydrogens (tertiary/aromatic N) is 3. The molecule has 0 spiro atoms. The van der Waals surface area contributed by atoms with Gasteiger partial charge in [0.25, 0.3) is 5.91 Å². The van der Waals surface area contributed by atoms with Crippen molar-refractivity contribution < 1.29 is 22.7 Å². The second-order valence-corrected chi connectivity index (χ2v) is 9.66. The van der Waals surface area contributed by atoms with Crippen molar-refractivity contribution in [1.82, 2.24) is 14.7 Å². The van der Waals surface area contributed by atoms with Gasteiger partial charge in [-0.3, -0.25) is 9.69 Å². The van der Waals surface area contributed by atoms with Crippen molar-refractivity contribution in [1.29, 1.82) is 0 Å². The average molecular weight is 520 g/mol. The lowest BCUT2D eigenvalue weighted by molar-refractivity contribution is -0.137.